The first-order valence-corrected chi connectivity index (χ1v) is 0. The Bertz CT molecular complexity index is 9.65. The second-order valence-electron chi connectivity index (χ2n) is 0. The minimum atomic E-state index is 0. The maximum absolute atomic E-state index is 0. The maximum atomic E-state index is 0. The van der Waals surface area contributed by atoms with Crippen molar-refractivity contribution < 1.29 is 2.85 Å². The van der Waals surface area contributed by atoms with Crippen LogP contribution in [-0.4, -0.2) is 107 Å². The molecule has 0 heterocycles. The van der Waals surface area contributed by atoms with Gasteiger partial charge in [0.2, 0.25) is 0 Å². The van der Waals surface area contributed by atoms with E-state index in [9.17, 15) is 0 Å². The molecule has 0 aromatic heterocycles. The fourth-order valence-electron chi connectivity index (χ4n) is 0. The molecule has 0 aromatic rings. The average molecular weight is 162 g/mol. The van der Waals surface area contributed by atoms with Gasteiger partial charge in [-0.2, -0.15) is 0 Å². The van der Waals surface area contributed by atoms with Crippen molar-refractivity contribution in [1.82, 2.24) is 0 Å². The van der Waals surface area contributed by atoms with Gasteiger partial charge in [0, 0.05) is 0 Å². The summed E-state index contributed by atoms with van der Waals surface area (Å²) in [6.45, 7) is 0. The first kappa shape index (κ1) is 39.9. The standard InChI is InChI=1S/4Al.Ca.14H/q;;;;+2;;;;;;;;;;;;;2*-1. The predicted octanol–water partition coefficient (Wildman–Crippen LogP) is -4.89. The quantitative estimate of drug-likeness (QED) is 0.313. The van der Waals surface area contributed by atoms with Gasteiger partial charge >= 0.3 is 37.7 Å². The van der Waals surface area contributed by atoms with Gasteiger partial charge in [-0.3, -0.25) is 0 Å². The van der Waals surface area contributed by atoms with E-state index >= 15 is 0 Å². The van der Waals surface area contributed by atoms with Crippen molar-refractivity contribution >= 4 is 107 Å². The summed E-state index contributed by atoms with van der Waals surface area (Å²) >= 11 is 0. The van der Waals surface area contributed by atoms with Crippen molar-refractivity contribution in [3.05, 3.63) is 0 Å². The number of hydrogen-bond donors (Lipinski definition) is 0. The molecule has 5 heavy (non-hydrogen) atoms. The fourth-order valence-corrected chi connectivity index (χ4v) is 0. The van der Waals surface area contributed by atoms with Crippen LogP contribution in [0.3, 0.4) is 0 Å². The van der Waals surface area contributed by atoms with Crippen molar-refractivity contribution in [2.75, 3.05) is 0 Å². The Kier molecular flexibility index (Phi) is 209. The largest absolute Gasteiger partial charge is 2.00 e. The Morgan fingerprint density at radius 2 is 0.600 bits per heavy atom. The molecule has 0 saturated carbocycles. The molecular weight excluding hydrogens is 148 g/mol. The average Bonchev–Trinajstić information content (AvgIpc) is 0. The normalized spacial score (nSPS) is 0. The molecule has 0 spiro atoms. The van der Waals surface area contributed by atoms with Crippen molar-refractivity contribution in [3.8, 4) is 0 Å². The first-order chi connectivity index (χ1) is 0. The van der Waals surface area contributed by atoms with Crippen molar-refractivity contribution in [3.63, 3.8) is 0 Å². The van der Waals surface area contributed by atoms with Gasteiger partial charge in [0.1, 0.15) is 0 Å². The zero-order valence-electron chi connectivity index (χ0n) is 2.71. The van der Waals surface area contributed by atoms with Gasteiger partial charge in [-0.15, -0.1) is 0 Å². The topological polar surface area (TPSA) is 0 Å². The Hall–Kier alpha value is 3.39. The third-order valence-corrected chi connectivity index (χ3v) is 0. The molecule has 0 nitrogen and oxygen atoms in total. The van der Waals surface area contributed by atoms with Gasteiger partial charge in [-0.25, -0.2) is 0 Å². The van der Waals surface area contributed by atoms with Crippen LogP contribution in [0.15, 0.2) is 0 Å². The van der Waals surface area contributed by atoms with Gasteiger partial charge in [-0.05, 0) is 0 Å². The second-order valence-corrected chi connectivity index (χ2v) is 0. The molecular formula is H14Al4Ca. The molecule has 0 rings (SSSR count). The zero-order chi connectivity index (χ0) is 0. The molecule has 0 aromatic carbocycles. The third-order valence-electron chi connectivity index (χ3n) is 0. The number of rotatable bonds is 0. The van der Waals surface area contributed by atoms with Crippen LogP contribution in [0.1, 0.15) is 2.85 Å². The van der Waals surface area contributed by atoms with E-state index in [2.05, 4.69) is 0 Å². The Labute approximate surface area is 108 Å². The van der Waals surface area contributed by atoms with Gasteiger partial charge in [0.05, 0.1) is 0 Å². The summed E-state index contributed by atoms with van der Waals surface area (Å²) < 4.78 is 0. The molecule has 0 N–H and O–H groups in total. The van der Waals surface area contributed by atoms with E-state index in [-0.39, 0.29) is 110 Å². The minimum Gasteiger partial charge on any atom is -1.00 e. The van der Waals surface area contributed by atoms with Gasteiger partial charge < -0.3 is 2.85 Å². The van der Waals surface area contributed by atoms with E-state index in [0.717, 1.165) is 0 Å². The summed E-state index contributed by atoms with van der Waals surface area (Å²) in [5.41, 5.74) is 0. The maximum Gasteiger partial charge on any atom is 2.00 e. The summed E-state index contributed by atoms with van der Waals surface area (Å²) in [7, 11) is 0. The molecule has 0 unspecified atom stereocenters. The van der Waals surface area contributed by atoms with Gasteiger partial charge in [0.25, 0.3) is 0 Å². The van der Waals surface area contributed by atoms with E-state index < -0.39 is 0 Å². The molecule has 0 radical (unpaired) electrons. The Balaban J connectivity index is 0. The van der Waals surface area contributed by atoms with E-state index in [1.165, 1.54) is 0 Å². The van der Waals surface area contributed by atoms with Gasteiger partial charge in [-0.1, -0.05) is 0 Å². The fraction of sp³-hybridized carbons (Fsp3) is 0. The van der Waals surface area contributed by atoms with Crippen LogP contribution in [-0.2, 0) is 0 Å². The van der Waals surface area contributed by atoms with E-state index in [1.807, 2.05) is 0 Å². The van der Waals surface area contributed by atoms with E-state index in [0.29, 0.717) is 0 Å². The van der Waals surface area contributed by atoms with Crippen molar-refractivity contribution in [2.45, 2.75) is 0 Å². The Morgan fingerprint density at radius 1 is 0.600 bits per heavy atom. The van der Waals surface area contributed by atoms with Crippen LogP contribution in [0.5, 0.6) is 0 Å². The van der Waals surface area contributed by atoms with Gasteiger partial charge in [0.15, 0.2) is 69.4 Å². The molecule has 0 aliphatic heterocycles. The molecule has 5 heteroatoms. The molecule has 0 amide bonds. The van der Waals surface area contributed by atoms with Crippen molar-refractivity contribution in [1.29, 1.82) is 0 Å². The van der Waals surface area contributed by atoms with Crippen LogP contribution < -0.4 is 0 Å². The molecule has 0 saturated heterocycles. The van der Waals surface area contributed by atoms with Crippen LogP contribution in [0, 0.1) is 0 Å². The SMILES string of the molecule is [AlH3].[AlH3].[AlH3].[AlH3].[Ca+2].[H-].[H-]. The van der Waals surface area contributed by atoms with E-state index in [1.54, 1.807) is 0 Å². The number of hydrogen-bond acceptors (Lipinski definition) is 0. The minimum absolute atomic E-state index is 0. The van der Waals surface area contributed by atoms with Crippen molar-refractivity contribution in [2.24, 2.45) is 0 Å². The second kappa shape index (κ2) is 26.3. The summed E-state index contributed by atoms with van der Waals surface area (Å²) in [6.07, 6.45) is 0. The monoisotopic (exact) mass is 162 g/mol. The Morgan fingerprint density at radius 3 is 0.600 bits per heavy atom. The molecule has 0 aliphatic rings. The summed E-state index contributed by atoms with van der Waals surface area (Å²) in [5, 5.41) is 0. The molecule has 0 atom stereocenters. The van der Waals surface area contributed by atoms with E-state index in [4.69, 9.17) is 0 Å². The summed E-state index contributed by atoms with van der Waals surface area (Å²) in [6, 6.07) is 0. The molecule has 0 aliphatic carbocycles. The predicted molar refractivity (Wildman–Crippen MR) is 47.7 cm³/mol. The van der Waals surface area contributed by atoms with Crippen LogP contribution in [0.4, 0.5) is 0 Å². The molecule has 28 valence electrons. The van der Waals surface area contributed by atoms with Crippen LogP contribution >= 0.6 is 0 Å². The third kappa shape index (κ3) is 18.7. The zero-order valence-corrected chi connectivity index (χ0v) is 2.92. The molecule has 0 bridgehead atoms. The first-order valence-electron chi connectivity index (χ1n) is 0. The van der Waals surface area contributed by atoms with Crippen LogP contribution in [0.25, 0.3) is 0 Å². The summed E-state index contributed by atoms with van der Waals surface area (Å²) in [5.74, 6) is 0. The smallest absolute Gasteiger partial charge is 1.00 e. The molecule has 0 fully saturated rings. The summed E-state index contributed by atoms with van der Waals surface area (Å²) in [4.78, 5) is 0. The van der Waals surface area contributed by atoms with Crippen LogP contribution in [0.2, 0.25) is 0 Å².